The molecule has 0 saturated carbocycles. The monoisotopic (exact) mass is 429 g/mol. The van der Waals surface area contributed by atoms with Crippen LogP contribution in [0.3, 0.4) is 0 Å². The van der Waals surface area contributed by atoms with Crippen LogP contribution in [0.2, 0.25) is 0 Å². The summed E-state index contributed by atoms with van der Waals surface area (Å²) in [6.45, 7) is 2.01. The van der Waals surface area contributed by atoms with Crippen molar-refractivity contribution in [1.29, 1.82) is 0 Å². The fraction of sp³-hybridized carbons (Fsp3) is 0.333. The first-order chi connectivity index (χ1) is 8.11. The van der Waals surface area contributed by atoms with Crippen molar-refractivity contribution in [2.45, 2.75) is 19.8 Å². The largest absolute Gasteiger partial charge is 0.289 e. The second-order valence-electron chi connectivity index (χ2n) is 3.77. The molecule has 0 aliphatic rings. The number of aryl methyl sites for hydroxylation is 2. The molecule has 0 saturated heterocycles. The van der Waals surface area contributed by atoms with Crippen molar-refractivity contribution in [3.63, 3.8) is 0 Å². The van der Waals surface area contributed by atoms with E-state index >= 15 is 0 Å². The predicted molar refractivity (Wildman–Crippen MR) is 59.2 cm³/mol. The quantitative estimate of drug-likeness (QED) is 0.704. The van der Waals surface area contributed by atoms with E-state index in [2.05, 4.69) is 16.1 Å². The molecule has 0 aliphatic heterocycles. The molecule has 6 heteroatoms. The SMILES string of the molecule is CCCc1nc(-c2[c-]cc(F)cc2F)n(C)n1.[Ir]. The van der Waals surface area contributed by atoms with Crippen LogP contribution in [0.15, 0.2) is 12.1 Å². The van der Waals surface area contributed by atoms with E-state index < -0.39 is 11.6 Å². The summed E-state index contributed by atoms with van der Waals surface area (Å²) in [6, 6.07) is 4.45. The van der Waals surface area contributed by atoms with Gasteiger partial charge in [-0.25, -0.2) is 0 Å². The second kappa shape index (κ2) is 6.16. The molecule has 3 nitrogen and oxygen atoms in total. The van der Waals surface area contributed by atoms with Crippen molar-refractivity contribution in [1.82, 2.24) is 14.8 Å². The number of rotatable bonds is 3. The summed E-state index contributed by atoms with van der Waals surface area (Å²) in [5.41, 5.74) is 0.142. The van der Waals surface area contributed by atoms with E-state index in [1.54, 1.807) is 7.05 Å². The zero-order valence-electron chi connectivity index (χ0n) is 10.00. The van der Waals surface area contributed by atoms with Gasteiger partial charge in [-0.2, -0.15) is 5.10 Å². The summed E-state index contributed by atoms with van der Waals surface area (Å²) in [5, 5.41) is 4.17. The summed E-state index contributed by atoms with van der Waals surface area (Å²) < 4.78 is 27.8. The van der Waals surface area contributed by atoms with Crippen molar-refractivity contribution in [3.8, 4) is 11.4 Å². The molecule has 0 N–H and O–H groups in total. The molecular formula is C12H12F2IrN3-. The Morgan fingerprint density at radius 3 is 2.72 bits per heavy atom. The zero-order chi connectivity index (χ0) is 12.4. The van der Waals surface area contributed by atoms with Gasteiger partial charge in [-0.1, -0.05) is 18.6 Å². The van der Waals surface area contributed by atoms with Gasteiger partial charge >= 0.3 is 0 Å². The Labute approximate surface area is 118 Å². The Morgan fingerprint density at radius 2 is 2.11 bits per heavy atom. The molecule has 1 aromatic carbocycles. The summed E-state index contributed by atoms with van der Waals surface area (Å²) in [4.78, 5) is 4.22. The molecular weight excluding hydrogens is 416 g/mol. The summed E-state index contributed by atoms with van der Waals surface area (Å²) in [6.07, 6.45) is 1.65. The maximum absolute atomic E-state index is 13.6. The van der Waals surface area contributed by atoms with Gasteiger partial charge in [0.05, 0.1) is 5.82 Å². The molecule has 2 rings (SSSR count). The van der Waals surface area contributed by atoms with Crippen LogP contribution in [0.25, 0.3) is 11.4 Å². The van der Waals surface area contributed by atoms with Crippen molar-refractivity contribution in [3.05, 3.63) is 35.7 Å². The average Bonchev–Trinajstić information content (AvgIpc) is 2.60. The minimum absolute atomic E-state index is 0. The molecule has 1 aromatic heterocycles. The van der Waals surface area contributed by atoms with Gasteiger partial charge in [0.25, 0.3) is 0 Å². The van der Waals surface area contributed by atoms with Gasteiger partial charge in [0.1, 0.15) is 5.82 Å². The molecule has 0 atom stereocenters. The third kappa shape index (κ3) is 3.00. The summed E-state index contributed by atoms with van der Waals surface area (Å²) >= 11 is 0. The number of hydrogen-bond acceptors (Lipinski definition) is 2. The van der Waals surface area contributed by atoms with Crippen molar-refractivity contribution in [2.24, 2.45) is 7.05 Å². The normalized spacial score (nSPS) is 10.2. The van der Waals surface area contributed by atoms with Crippen molar-refractivity contribution >= 4 is 0 Å². The molecule has 1 radical (unpaired) electrons. The molecule has 0 bridgehead atoms. The number of benzene rings is 1. The Bertz CT molecular complexity index is 540. The molecule has 18 heavy (non-hydrogen) atoms. The number of halogens is 2. The van der Waals surface area contributed by atoms with Crippen LogP contribution < -0.4 is 0 Å². The zero-order valence-corrected chi connectivity index (χ0v) is 12.4. The molecule has 0 fully saturated rings. The molecule has 0 amide bonds. The van der Waals surface area contributed by atoms with Gasteiger partial charge in [-0.15, -0.1) is 12.1 Å². The van der Waals surface area contributed by atoms with Gasteiger partial charge in [0, 0.05) is 45.2 Å². The van der Waals surface area contributed by atoms with E-state index in [0.29, 0.717) is 11.6 Å². The average molecular weight is 428 g/mol. The Morgan fingerprint density at radius 1 is 1.39 bits per heavy atom. The van der Waals surface area contributed by atoms with Crippen LogP contribution >= 0.6 is 0 Å². The molecule has 2 aromatic rings. The number of nitrogens with zero attached hydrogens (tertiary/aromatic N) is 3. The van der Waals surface area contributed by atoms with Crippen LogP contribution in [0, 0.1) is 17.7 Å². The van der Waals surface area contributed by atoms with Gasteiger partial charge < -0.3 is 0 Å². The fourth-order valence-corrected chi connectivity index (χ4v) is 1.60. The van der Waals surface area contributed by atoms with Gasteiger partial charge in [0.15, 0.2) is 0 Å². The predicted octanol–water partition coefficient (Wildman–Crippen LogP) is 2.51. The van der Waals surface area contributed by atoms with Crippen LogP contribution in [-0.2, 0) is 33.6 Å². The maximum atomic E-state index is 13.6. The molecule has 1 heterocycles. The van der Waals surface area contributed by atoms with E-state index in [4.69, 9.17) is 0 Å². The fourth-order valence-electron chi connectivity index (χ4n) is 1.60. The number of aromatic nitrogens is 3. The van der Waals surface area contributed by atoms with Crippen LogP contribution in [0.4, 0.5) is 8.78 Å². The van der Waals surface area contributed by atoms with Crippen molar-refractivity contribution in [2.75, 3.05) is 0 Å². The van der Waals surface area contributed by atoms with E-state index in [9.17, 15) is 8.78 Å². The smallest absolute Gasteiger partial charge is 0.140 e. The molecule has 99 valence electrons. The van der Waals surface area contributed by atoms with Gasteiger partial charge in [-0.3, -0.25) is 18.4 Å². The van der Waals surface area contributed by atoms with E-state index in [1.165, 1.54) is 4.68 Å². The van der Waals surface area contributed by atoms with Gasteiger partial charge in [-0.05, 0) is 6.42 Å². The third-order valence-corrected chi connectivity index (χ3v) is 2.36. The van der Waals surface area contributed by atoms with Crippen LogP contribution in [0.1, 0.15) is 19.2 Å². The van der Waals surface area contributed by atoms with Gasteiger partial charge in [0.2, 0.25) is 0 Å². The Balaban J connectivity index is 0.00000162. The van der Waals surface area contributed by atoms with E-state index in [-0.39, 0.29) is 25.7 Å². The number of hydrogen-bond donors (Lipinski definition) is 0. The first-order valence-corrected chi connectivity index (χ1v) is 5.38. The van der Waals surface area contributed by atoms with E-state index in [1.807, 2.05) is 6.92 Å². The van der Waals surface area contributed by atoms with E-state index in [0.717, 1.165) is 25.0 Å². The van der Waals surface area contributed by atoms with Crippen molar-refractivity contribution < 1.29 is 28.9 Å². The maximum Gasteiger partial charge on any atom is 0.140 e. The minimum atomic E-state index is -0.677. The van der Waals surface area contributed by atoms with Crippen LogP contribution in [-0.4, -0.2) is 14.8 Å². The molecule has 0 unspecified atom stereocenters. The van der Waals surface area contributed by atoms with Crippen LogP contribution in [0.5, 0.6) is 0 Å². The third-order valence-electron chi connectivity index (χ3n) is 2.36. The summed E-state index contributed by atoms with van der Waals surface area (Å²) in [7, 11) is 1.68. The topological polar surface area (TPSA) is 30.7 Å². The molecule has 0 spiro atoms. The first kappa shape index (κ1) is 14.9. The Hall–Kier alpha value is -1.13. The summed E-state index contributed by atoms with van der Waals surface area (Å²) in [5.74, 6) is -0.307. The minimum Gasteiger partial charge on any atom is -0.289 e. The second-order valence-corrected chi connectivity index (χ2v) is 3.77. The first-order valence-electron chi connectivity index (χ1n) is 5.38. The standard InChI is InChI=1S/C12H12F2N3.Ir/c1-3-4-11-15-12(17(2)16-11)9-6-5-8(13)7-10(9)14;/h5,7H,3-4H2,1-2H3;/q-1;. The molecule has 0 aliphatic carbocycles. The Kier molecular flexibility index (Phi) is 5.11.